The van der Waals surface area contributed by atoms with Crippen LogP contribution in [0.5, 0.6) is 0 Å². The van der Waals surface area contributed by atoms with Gasteiger partial charge in [0.25, 0.3) is 0 Å². The number of carbonyl (C=O) groups is 1. The van der Waals surface area contributed by atoms with Gasteiger partial charge in [-0.2, -0.15) is 0 Å². The Hall–Kier alpha value is -1.36. The van der Waals surface area contributed by atoms with Gasteiger partial charge in [-0.1, -0.05) is 22.9 Å². The van der Waals surface area contributed by atoms with E-state index in [9.17, 15) is 4.79 Å². The van der Waals surface area contributed by atoms with Crippen molar-refractivity contribution in [2.24, 2.45) is 5.92 Å². The number of carboxylic acids is 1. The van der Waals surface area contributed by atoms with Gasteiger partial charge in [0.15, 0.2) is 11.5 Å². The molecule has 17 heavy (non-hydrogen) atoms. The number of benzene rings is 1. The molecular formula is C12H12BrNO3. The summed E-state index contributed by atoms with van der Waals surface area (Å²) < 4.78 is 6.50. The summed E-state index contributed by atoms with van der Waals surface area (Å²) in [7, 11) is 0. The Labute approximate surface area is 107 Å². The molecule has 0 saturated heterocycles. The smallest absolute Gasteiger partial charge is 0.303 e. The van der Waals surface area contributed by atoms with Crippen molar-refractivity contribution in [1.29, 1.82) is 0 Å². The first-order valence-corrected chi connectivity index (χ1v) is 6.10. The highest BCUT2D eigenvalue weighted by atomic mass is 79.9. The Kier molecular flexibility index (Phi) is 3.47. The number of hydrogen-bond donors (Lipinski definition) is 1. The van der Waals surface area contributed by atoms with E-state index in [1.165, 1.54) is 0 Å². The number of oxazole rings is 1. The van der Waals surface area contributed by atoms with Crippen LogP contribution in [0.4, 0.5) is 0 Å². The molecule has 1 atom stereocenters. The second kappa shape index (κ2) is 4.87. The average Bonchev–Trinajstić information content (AvgIpc) is 2.57. The van der Waals surface area contributed by atoms with Crippen LogP contribution in [0.1, 0.15) is 19.2 Å². The molecular weight excluding hydrogens is 286 g/mol. The minimum absolute atomic E-state index is 0.0176. The van der Waals surface area contributed by atoms with Gasteiger partial charge in [-0.15, -0.1) is 0 Å². The molecule has 0 bridgehead atoms. The van der Waals surface area contributed by atoms with Gasteiger partial charge in [0.05, 0.1) is 0 Å². The zero-order valence-electron chi connectivity index (χ0n) is 9.31. The standard InChI is InChI=1S/C12H12BrNO3/c1-7(5-12(15)16)4-11-14-9-6-8(13)2-3-10(9)17-11/h2-3,6-7H,4-5H2,1H3,(H,15,16). The van der Waals surface area contributed by atoms with Gasteiger partial charge in [0.1, 0.15) is 5.52 Å². The van der Waals surface area contributed by atoms with E-state index in [0.29, 0.717) is 12.3 Å². The van der Waals surface area contributed by atoms with Crippen molar-refractivity contribution in [2.75, 3.05) is 0 Å². The molecule has 1 unspecified atom stereocenters. The number of fused-ring (bicyclic) bond motifs is 1. The fourth-order valence-electron chi connectivity index (χ4n) is 1.70. The Morgan fingerprint density at radius 3 is 3.06 bits per heavy atom. The van der Waals surface area contributed by atoms with Gasteiger partial charge in [0, 0.05) is 17.3 Å². The highest BCUT2D eigenvalue weighted by Crippen LogP contribution is 2.22. The van der Waals surface area contributed by atoms with Crippen LogP contribution in [0.25, 0.3) is 11.1 Å². The molecule has 90 valence electrons. The molecule has 0 amide bonds. The van der Waals surface area contributed by atoms with Crippen LogP contribution in [0.15, 0.2) is 27.1 Å². The van der Waals surface area contributed by atoms with Crippen molar-refractivity contribution in [1.82, 2.24) is 4.98 Å². The predicted molar refractivity (Wildman–Crippen MR) is 66.8 cm³/mol. The van der Waals surface area contributed by atoms with Crippen molar-refractivity contribution >= 4 is 33.0 Å². The van der Waals surface area contributed by atoms with E-state index in [-0.39, 0.29) is 12.3 Å². The number of carboxylic acid groups (broad SMARTS) is 1. The third-order valence-corrected chi connectivity index (χ3v) is 2.93. The van der Waals surface area contributed by atoms with Gasteiger partial charge < -0.3 is 9.52 Å². The second-order valence-electron chi connectivity index (χ2n) is 4.13. The van der Waals surface area contributed by atoms with E-state index in [1.54, 1.807) is 0 Å². The van der Waals surface area contributed by atoms with Crippen LogP contribution in [0, 0.1) is 5.92 Å². The molecule has 0 aliphatic carbocycles. The third-order valence-electron chi connectivity index (χ3n) is 2.44. The molecule has 0 radical (unpaired) electrons. The fourth-order valence-corrected chi connectivity index (χ4v) is 2.05. The molecule has 1 aromatic heterocycles. The summed E-state index contributed by atoms with van der Waals surface area (Å²) in [6.07, 6.45) is 0.668. The molecule has 0 aliphatic heterocycles. The Bertz CT molecular complexity index is 550. The first-order valence-electron chi connectivity index (χ1n) is 5.31. The van der Waals surface area contributed by atoms with E-state index in [2.05, 4.69) is 20.9 Å². The van der Waals surface area contributed by atoms with Crippen molar-refractivity contribution < 1.29 is 14.3 Å². The number of hydrogen-bond acceptors (Lipinski definition) is 3. The maximum absolute atomic E-state index is 10.6. The molecule has 1 aromatic carbocycles. The molecule has 0 saturated carbocycles. The molecule has 5 heteroatoms. The average molecular weight is 298 g/mol. The summed E-state index contributed by atoms with van der Waals surface area (Å²) in [6.45, 7) is 1.87. The number of halogens is 1. The van der Waals surface area contributed by atoms with E-state index in [4.69, 9.17) is 9.52 Å². The first-order chi connectivity index (χ1) is 8.04. The maximum Gasteiger partial charge on any atom is 0.303 e. The molecule has 0 fully saturated rings. The van der Waals surface area contributed by atoms with Gasteiger partial charge >= 0.3 is 5.97 Å². The highest BCUT2D eigenvalue weighted by molar-refractivity contribution is 9.10. The summed E-state index contributed by atoms with van der Waals surface area (Å²) >= 11 is 3.37. The zero-order valence-corrected chi connectivity index (χ0v) is 10.9. The van der Waals surface area contributed by atoms with E-state index in [1.807, 2.05) is 25.1 Å². The van der Waals surface area contributed by atoms with Crippen LogP contribution in [0.3, 0.4) is 0 Å². The zero-order chi connectivity index (χ0) is 12.4. The number of nitrogens with zero attached hydrogens (tertiary/aromatic N) is 1. The number of aliphatic carboxylic acids is 1. The lowest BCUT2D eigenvalue weighted by atomic mass is 10.0. The molecule has 0 spiro atoms. The van der Waals surface area contributed by atoms with Crippen molar-refractivity contribution in [3.8, 4) is 0 Å². The lowest BCUT2D eigenvalue weighted by Crippen LogP contribution is -2.07. The normalized spacial score (nSPS) is 12.8. The van der Waals surface area contributed by atoms with Gasteiger partial charge in [-0.05, 0) is 24.1 Å². The topological polar surface area (TPSA) is 63.3 Å². The highest BCUT2D eigenvalue weighted by Gasteiger charge is 2.13. The van der Waals surface area contributed by atoms with Gasteiger partial charge in [0.2, 0.25) is 0 Å². The van der Waals surface area contributed by atoms with Crippen LogP contribution < -0.4 is 0 Å². The summed E-state index contributed by atoms with van der Waals surface area (Å²) in [4.78, 5) is 14.9. The summed E-state index contributed by atoms with van der Waals surface area (Å²) in [5.41, 5.74) is 1.52. The van der Waals surface area contributed by atoms with E-state index in [0.717, 1.165) is 15.6 Å². The first kappa shape index (κ1) is 12.1. The minimum atomic E-state index is -0.795. The Balaban J connectivity index is 2.16. The summed E-state index contributed by atoms with van der Waals surface area (Å²) in [5.74, 6) is -0.188. The van der Waals surface area contributed by atoms with Crippen LogP contribution in [-0.4, -0.2) is 16.1 Å². The van der Waals surface area contributed by atoms with Gasteiger partial charge in [-0.3, -0.25) is 4.79 Å². The minimum Gasteiger partial charge on any atom is -0.481 e. The largest absolute Gasteiger partial charge is 0.481 e. The fraction of sp³-hybridized carbons (Fsp3) is 0.333. The van der Waals surface area contributed by atoms with Crippen LogP contribution >= 0.6 is 15.9 Å². The summed E-state index contributed by atoms with van der Waals surface area (Å²) in [5, 5.41) is 8.68. The lowest BCUT2D eigenvalue weighted by molar-refractivity contribution is -0.137. The van der Waals surface area contributed by atoms with Crippen LogP contribution in [0.2, 0.25) is 0 Å². The predicted octanol–water partition coefficient (Wildman–Crippen LogP) is 3.24. The molecule has 1 N–H and O–H groups in total. The lowest BCUT2D eigenvalue weighted by Gasteiger charge is -2.03. The summed E-state index contributed by atoms with van der Waals surface area (Å²) in [6, 6.07) is 5.61. The van der Waals surface area contributed by atoms with Crippen LogP contribution in [-0.2, 0) is 11.2 Å². The molecule has 0 aliphatic rings. The van der Waals surface area contributed by atoms with E-state index >= 15 is 0 Å². The van der Waals surface area contributed by atoms with E-state index < -0.39 is 5.97 Å². The van der Waals surface area contributed by atoms with Crippen molar-refractivity contribution in [3.05, 3.63) is 28.6 Å². The van der Waals surface area contributed by atoms with Crippen molar-refractivity contribution in [2.45, 2.75) is 19.8 Å². The monoisotopic (exact) mass is 297 g/mol. The van der Waals surface area contributed by atoms with Crippen molar-refractivity contribution in [3.63, 3.8) is 0 Å². The SMILES string of the molecule is CC(CC(=O)O)Cc1nc2cc(Br)ccc2o1. The Morgan fingerprint density at radius 2 is 2.35 bits per heavy atom. The maximum atomic E-state index is 10.6. The number of aromatic nitrogens is 1. The van der Waals surface area contributed by atoms with Gasteiger partial charge in [-0.25, -0.2) is 4.98 Å². The quantitative estimate of drug-likeness (QED) is 0.941. The molecule has 2 aromatic rings. The Morgan fingerprint density at radius 1 is 1.59 bits per heavy atom. The number of rotatable bonds is 4. The molecule has 1 heterocycles. The second-order valence-corrected chi connectivity index (χ2v) is 5.04. The third kappa shape index (κ3) is 3.06. The molecule has 2 rings (SSSR count). The molecule has 4 nitrogen and oxygen atoms in total.